The minimum Gasteiger partial charge on any atom is -0.383 e. The second kappa shape index (κ2) is 5.04. The molecule has 5 heteroatoms. The molecule has 4 nitrogen and oxygen atoms in total. The van der Waals surface area contributed by atoms with Crippen molar-refractivity contribution in [1.82, 2.24) is 9.55 Å². The van der Waals surface area contributed by atoms with Gasteiger partial charge in [0.05, 0.1) is 6.61 Å². The zero-order chi connectivity index (χ0) is 9.68. The number of aromatic nitrogens is 2. The van der Waals surface area contributed by atoms with Crippen LogP contribution in [0, 0.1) is 0 Å². The molecule has 0 unspecified atom stereocenters. The molecule has 0 spiro atoms. The molecular formula is C8H12N2O2S. The Morgan fingerprint density at radius 3 is 3.08 bits per heavy atom. The maximum absolute atomic E-state index is 10.9. The van der Waals surface area contributed by atoms with Crippen LogP contribution < -0.4 is 5.56 Å². The van der Waals surface area contributed by atoms with Crippen molar-refractivity contribution >= 4 is 11.8 Å². The summed E-state index contributed by atoms with van der Waals surface area (Å²) in [6.45, 7) is 1.35. The zero-order valence-corrected chi connectivity index (χ0v) is 8.50. The van der Waals surface area contributed by atoms with E-state index in [1.807, 2.05) is 10.8 Å². The average Bonchev–Trinajstić information content (AvgIpc) is 2.16. The van der Waals surface area contributed by atoms with E-state index in [2.05, 4.69) is 4.98 Å². The summed E-state index contributed by atoms with van der Waals surface area (Å²) in [5.41, 5.74) is -0.196. The predicted molar refractivity (Wildman–Crippen MR) is 52.2 cm³/mol. The van der Waals surface area contributed by atoms with Crippen LogP contribution in [-0.4, -0.2) is 29.5 Å². The summed E-state index contributed by atoms with van der Waals surface area (Å²) >= 11 is 1.46. The Balaban J connectivity index is 2.86. The van der Waals surface area contributed by atoms with Crippen LogP contribution in [0.4, 0.5) is 0 Å². The molecule has 0 N–H and O–H groups in total. The predicted octanol–water partition coefficient (Wildman–Crippen LogP) is 0.612. The molecule has 13 heavy (non-hydrogen) atoms. The Hall–Kier alpha value is -0.810. The lowest BCUT2D eigenvalue weighted by Crippen LogP contribution is -2.14. The Morgan fingerprint density at radius 2 is 2.46 bits per heavy atom. The lowest BCUT2D eigenvalue weighted by atomic mass is 10.6. The number of rotatable bonds is 4. The van der Waals surface area contributed by atoms with E-state index >= 15 is 0 Å². The maximum Gasteiger partial charge on any atom is 0.273 e. The topological polar surface area (TPSA) is 44.1 Å². The third-order valence-electron chi connectivity index (χ3n) is 1.57. The first-order chi connectivity index (χ1) is 6.27. The van der Waals surface area contributed by atoms with Crippen LogP contribution in [0.2, 0.25) is 0 Å². The normalized spacial score (nSPS) is 10.3. The SMILES string of the molecule is COCCn1ccc(=O)nc1SC. The van der Waals surface area contributed by atoms with Crippen LogP contribution in [-0.2, 0) is 11.3 Å². The molecule has 0 atom stereocenters. The van der Waals surface area contributed by atoms with Crippen molar-refractivity contribution < 1.29 is 4.74 Å². The molecule has 0 saturated carbocycles. The average molecular weight is 200 g/mol. The summed E-state index contributed by atoms with van der Waals surface area (Å²) in [7, 11) is 1.65. The third kappa shape index (κ3) is 2.86. The number of hydrogen-bond acceptors (Lipinski definition) is 4. The molecule has 0 fully saturated rings. The molecule has 72 valence electrons. The van der Waals surface area contributed by atoms with Crippen molar-refractivity contribution in [3.05, 3.63) is 22.6 Å². The smallest absolute Gasteiger partial charge is 0.273 e. The third-order valence-corrected chi connectivity index (χ3v) is 2.26. The highest BCUT2D eigenvalue weighted by atomic mass is 32.2. The van der Waals surface area contributed by atoms with Gasteiger partial charge in [-0.2, -0.15) is 4.98 Å². The second-order valence-electron chi connectivity index (χ2n) is 2.44. The fraction of sp³-hybridized carbons (Fsp3) is 0.500. The van der Waals surface area contributed by atoms with Gasteiger partial charge >= 0.3 is 0 Å². The number of ether oxygens (including phenoxy) is 1. The van der Waals surface area contributed by atoms with E-state index in [1.165, 1.54) is 17.8 Å². The van der Waals surface area contributed by atoms with Crippen molar-refractivity contribution in [3.63, 3.8) is 0 Å². The highest BCUT2D eigenvalue weighted by Crippen LogP contribution is 2.08. The fourth-order valence-electron chi connectivity index (χ4n) is 0.936. The summed E-state index contributed by atoms with van der Waals surface area (Å²) in [6.07, 6.45) is 3.63. The molecular weight excluding hydrogens is 188 g/mol. The van der Waals surface area contributed by atoms with Crippen LogP contribution in [0.1, 0.15) is 0 Å². The van der Waals surface area contributed by atoms with Crippen LogP contribution in [0.25, 0.3) is 0 Å². The molecule has 1 heterocycles. The molecule has 0 aromatic carbocycles. The van der Waals surface area contributed by atoms with Gasteiger partial charge in [-0.25, -0.2) is 0 Å². The van der Waals surface area contributed by atoms with Gasteiger partial charge in [0, 0.05) is 25.9 Å². The molecule has 0 aliphatic carbocycles. The van der Waals surface area contributed by atoms with Gasteiger partial charge in [0.2, 0.25) is 0 Å². The van der Waals surface area contributed by atoms with Gasteiger partial charge in [0.1, 0.15) is 0 Å². The molecule has 1 rings (SSSR count). The number of thioether (sulfide) groups is 1. The molecule has 0 aliphatic heterocycles. The van der Waals surface area contributed by atoms with Gasteiger partial charge in [-0.05, 0) is 6.26 Å². The molecule has 0 aliphatic rings. The Kier molecular flexibility index (Phi) is 3.98. The van der Waals surface area contributed by atoms with Gasteiger partial charge in [0.15, 0.2) is 5.16 Å². The van der Waals surface area contributed by atoms with Gasteiger partial charge in [-0.3, -0.25) is 4.79 Å². The van der Waals surface area contributed by atoms with Crippen LogP contribution in [0.3, 0.4) is 0 Å². The Morgan fingerprint density at radius 1 is 1.69 bits per heavy atom. The van der Waals surface area contributed by atoms with Crippen molar-refractivity contribution in [3.8, 4) is 0 Å². The standard InChI is InChI=1S/C8H12N2O2S/c1-12-6-5-10-4-3-7(11)9-8(10)13-2/h3-4H,5-6H2,1-2H3. The number of hydrogen-bond donors (Lipinski definition) is 0. The van der Waals surface area contributed by atoms with Gasteiger partial charge < -0.3 is 9.30 Å². The van der Waals surface area contributed by atoms with Crippen LogP contribution >= 0.6 is 11.8 Å². The molecule has 0 bridgehead atoms. The number of nitrogens with zero attached hydrogens (tertiary/aromatic N) is 2. The van der Waals surface area contributed by atoms with E-state index in [0.717, 1.165) is 11.7 Å². The Bertz CT molecular complexity index is 324. The molecule has 0 radical (unpaired) electrons. The van der Waals surface area contributed by atoms with Crippen molar-refractivity contribution in [2.75, 3.05) is 20.0 Å². The first-order valence-corrected chi connectivity index (χ1v) is 5.11. The summed E-state index contributed by atoms with van der Waals surface area (Å²) < 4.78 is 6.84. The van der Waals surface area contributed by atoms with Crippen molar-refractivity contribution in [2.45, 2.75) is 11.7 Å². The second-order valence-corrected chi connectivity index (χ2v) is 3.21. The van der Waals surface area contributed by atoms with E-state index in [4.69, 9.17) is 4.74 Å². The first-order valence-electron chi connectivity index (χ1n) is 3.88. The highest BCUT2D eigenvalue weighted by Gasteiger charge is 1.99. The summed E-state index contributed by atoms with van der Waals surface area (Å²) in [5.74, 6) is 0. The first kappa shape index (κ1) is 10.3. The highest BCUT2D eigenvalue weighted by molar-refractivity contribution is 7.98. The Labute approximate surface area is 80.9 Å². The number of methoxy groups -OCH3 is 1. The quantitative estimate of drug-likeness (QED) is 0.527. The summed E-state index contributed by atoms with van der Waals surface area (Å²) in [6, 6.07) is 1.45. The largest absolute Gasteiger partial charge is 0.383 e. The zero-order valence-electron chi connectivity index (χ0n) is 7.69. The fourth-order valence-corrected chi connectivity index (χ4v) is 1.50. The minimum absolute atomic E-state index is 0.196. The minimum atomic E-state index is -0.196. The van der Waals surface area contributed by atoms with E-state index in [1.54, 1.807) is 13.3 Å². The van der Waals surface area contributed by atoms with Crippen LogP contribution in [0.5, 0.6) is 0 Å². The van der Waals surface area contributed by atoms with E-state index in [9.17, 15) is 4.79 Å². The van der Waals surface area contributed by atoms with Crippen LogP contribution in [0.15, 0.2) is 22.2 Å². The summed E-state index contributed by atoms with van der Waals surface area (Å²) in [5, 5.41) is 0.726. The van der Waals surface area contributed by atoms with E-state index < -0.39 is 0 Å². The van der Waals surface area contributed by atoms with Gasteiger partial charge in [-0.15, -0.1) is 0 Å². The van der Waals surface area contributed by atoms with E-state index in [0.29, 0.717) is 6.61 Å². The van der Waals surface area contributed by atoms with Crippen molar-refractivity contribution in [1.29, 1.82) is 0 Å². The summed E-state index contributed by atoms with van der Waals surface area (Å²) in [4.78, 5) is 14.8. The van der Waals surface area contributed by atoms with E-state index in [-0.39, 0.29) is 5.56 Å². The molecule has 0 saturated heterocycles. The van der Waals surface area contributed by atoms with Crippen molar-refractivity contribution in [2.24, 2.45) is 0 Å². The van der Waals surface area contributed by atoms with Gasteiger partial charge in [0.25, 0.3) is 5.56 Å². The lowest BCUT2D eigenvalue weighted by molar-refractivity contribution is 0.184. The maximum atomic E-state index is 10.9. The lowest BCUT2D eigenvalue weighted by Gasteiger charge is -2.08. The van der Waals surface area contributed by atoms with Gasteiger partial charge in [-0.1, -0.05) is 11.8 Å². The molecule has 0 amide bonds. The molecule has 1 aromatic heterocycles. The molecule has 1 aromatic rings. The monoisotopic (exact) mass is 200 g/mol.